The Balaban J connectivity index is 1.16. The molecule has 184 valence electrons. The molecule has 0 bridgehead atoms. The van der Waals surface area contributed by atoms with Gasteiger partial charge in [-0.1, -0.05) is 61.4 Å². The minimum Gasteiger partial charge on any atom is -0.351 e. The van der Waals surface area contributed by atoms with Gasteiger partial charge in [-0.25, -0.2) is 0 Å². The molecule has 2 aliphatic carbocycles. The lowest BCUT2D eigenvalue weighted by molar-refractivity contribution is -0.137. The molecule has 5 rings (SSSR count). The van der Waals surface area contributed by atoms with Gasteiger partial charge in [0.25, 0.3) is 5.91 Å². The number of benzene rings is 2. The molecule has 0 aromatic heterocycles. The lowest BCUT2D eigenvalue weighted by atomic mass is 9.88. The zero-order valence-electron chi connectivity index (χ0n) is 20.2. The lowest BCUT2D eigenvalue weighted by Gasteiger charge is -2.36. The van der Waals surface area contributed by atoms with Gasteiger partial charge in [0, 0.05) is 36.7 Å². The Hall–Kier alpha value is -3.15. The highest BCUT2D eigenvalue weighted by atomic mass is 16.2. The molecular weight excluding hydrogens is 438 g/mol. The number of nitrogens with one attached hydrogen (secondary N) is 2. The number of carbonyl (C=O) groups is 3. The predicted octanol–water partition coefficient (Wildman–Crippen LogP) is 3.89. The van der Waals surface area contributed by atoms with E-state index in [4.69, 9.17) is 0 Å². The third kappa shape index (κ3) is 5.58. The third-order valence-electron chi connectivity index (χ3n) is 7.89. The van der Waals surface area contributed by atoms with Gasteiger partial charge >= 0.3 is 0 Å². The van der Waals surface area contributed by atoms with Crippen LogP contribution < -0.4 is 10.6 Å². The van der Waals surface area contributed by atoms with Gasteiger partial charge in [0.1, 0.15) is 0 Å². The zero-order valence-corrected chi connectivity index (χ0v) is 20.2. The van der Waals surface area contributed by atoms with E-state index in [1.165, 1.54) is 5.56 Å². The molecule has 1 aliphatic heterocycles. The Morgan fingerprint density at radius 1 is 0.771 bits per heavy atom. The second-order valence-corrected chi connectivity index (χ2v) is 10.3. The number of hydrogen-bond acceptors (Lipinski definition) is 3. The quantitative estimate of drug-likeness (QED) is 0.668. The molecule has 1 saturated heterocycles. The average molecular weight is 474 g/mol. The number of rotatable bonds is 6. The van der Waals surface area contributed by atoms with Gasteiger partial charge in [-0.3, -0.25) is 14.4 Å². The molecular formula is C29H35N3O3. The summed E-state index contributed by atoms with van der Waals surface area (Å²) in [6.07, 6.45) is 6.37. The van der Waals surface area contributed by atoms with Gasteiger partial charge in [0.15, 0.2) is 0 Å². The summed E-state index contributed by atoms with van der Waals surface area (Å²) in [7, 11) is 0. The summed E-state index contributed by atoms with van der Waals surface area (Å²) in [5, 5.41) is 6.39. The first-order valence-corrected chi connectivity index (χ1v) is 13.1. The summed E-state index contributed by atoms with van der Waals surface area (Å²) in [6.45, 7) is 1.23. The second-order valence-electron chi connectivity index (χ2n) is 10.3. The van der Waals surface area contributed by atoms with Crippen molar-refractivity contribution in [3.8, 4) is 0 Å². The maximum absolute atomic E-state index is 13.2. The molecule has 35 heavy (non-hydrogen) atoms. The van der Waals surface area contributed by atoms with E-state index in [9.17, 15) is 14.4 Å². The standard InChI is InChI=1S/C29H35N3O3/c33-27(21-12-5-2-6-13-21)30-25-15-7-8-16-26(25)31-28(34)22-14-9-17-32(19-22)29(35)24-18-23(24)20-10-3-1-4-11-20/h1-6,10-13,22-26H,7-9,14-19H2,(H,30,33)(H,31,34)/t22?,23-,24?,25+,26?/m0/s1. The van der Waals surface area contributed by atoms with Crippen molar-refractivity contribution in [3.05, 3.63) is 71.8 Å². The minimum atomic E-state index is -0.186. The van der Waals surface area contributed by atoms with Crippen molar-refractivity contribution in [2.75, 3.05) is 13.1 Å². The molecule has 2 saturated carbocycles. The number of hydrogen-bond donors (Lipinski definition) is 2. The van der Waals surface area contributed by atoms with Crippen LogP contribution in [0.25, 0.3) is 0 Å². The molecule has 2 aromatic rings. The molecule has 6 nitrogen and oxygen atoms in total. The second kappa shape index (κ2) is 10.6. The van der Waals surface area contributed by atoms with Gasteiger partial charge in [-0.15, -0.1) is 0 Å². The van der Waals surface area contributed by atoms with E-state index in [0.717, 1.165) is 51.5 Å². The lowest BCUT2D eigenvalue weighted by Crippen LogP contribution is -2.55. The Kier molecular flexibility index (Phi) is 7.16. The molecule has 3 fully saturated rings. The van der Waals surface area contributed by atoms with Crippen LogP contribution in [-0.2, 0) is 9.59 Å². The highest BCUT2D eigenvalue weighted by molar-refractivity contribution is 5.94. The summed E-state index contributed by atoms with van der Waals surface area (Å²) >= 11 is 0. The van der Waals surface area contributed by atoms with E-state index in [0.29, 0.717) is 18.0 Å². The fourth-order valence-electron chi connectivity index (χ4n) is 5.78. The van der Waals surface area contributed by atoms with Crippen molar-refractivity contribution in [1.29, 1.82) is 0 Å². The third-order valence-corrected chi connectivity index (χ3v) is 7.89. The average Bonchev–Trinajstić information content (AvgIpc) is 3.71. The summed E-state index contributed by atoms with van der Waals surface area (Å²) in [5.74, 6) is 0.299. The van der Waals surface area contributed by atoms with Crippen molar-refractivity contribution >= 4 is 17.7 Å². The molecule has 0 radical (unpaired) electrons. The number of piperidine rings is 1. The fourth-order valence-corrected chi connectivity index (χ4v) is 5.78. The van der Waals surface area contributed by atoms with E-state index >= 15 is 0 Å². The smallest absolute Gasteiger partial charge is 0.251 e. The van der Waals surface area contributed by atoms with E-state index in [2.05, 4.69) is 22.8 Å². The molecule has 2 aromatic carbocycles. The van der Waals surface area contributed by atoms with Gasteiger partial charge in [0.05, 0.1) is 5.92 Å². The highest BCUT2D eigenvalue weighted by Gasteiger charge is 2.46. The first kappa shape index (κ1) is 23.6. The van der Waals surface area contributed by atoms with E-state index in [1.54, 1.807) is 0 Å². The van der Waals surface area contributed by atoms with Crippen LogP contribution in [0.5, 0.6) is 0 Å². The Labute approximate surface area is 207 Å². The van der Waals surface area contributed by atoms with Crippen LogP contribution in [0, 0.1) is 11.8 Å². The summed E-state index contributed by atoms with van der Waals surface area (Å²) in [5.41, 5.74) is 1.87. The Bertz CT molecular complexity index is 1040. The minimum absolute atomic E-state index is 0.0174. The molecule has 6 heteroatoms. The fraction of sp³-hybridized carbons (Fsp3) is 0.483. The number of likely N-dealkylation sites (tertiary alicyclic amines) is 1. The molecule has 3 unspecified atom stereocenters. The zero-order chi connectivity index (χ0) is 24.2. The SMILES string of the molecule is O=C(N[C@@H]1CCCCC1NC(=O)C1CCCN(C(=O)C2C[C@H]2c2ccccc2)C1)c1ccccc1. The summed E-state index contributed by atoms with van der Waals surface area (Å²) < 4.78 is 0. The number of amides is 3. The van der Waals surface area contributed by atoms with Crippen molar-refractivity contribution in [2.45, 2.75) is 62.9 Å². The van der Waals surface area contributed by atoms with E-state index in [-0.39, 0.29) is 41.6 Å². The Morgan fingerprint density at radius 3 is 2.14 bits per heavy atom. The summed E-state index contributed by atoms with van der Waals surface area (Å²) in [6, 6.07) is 19.3. The molecule has 1 heterocycles. The number of nitrogens with zero attached hydrogens (tertiary/aromatic N) is 1. The van der Waals surface area contributed by atoms with Gasteiger partial charge in [-0.05, 0) is 55.7 Å². The van der Waals surface area contributed by atoms with Gasteiger partial charge in [-0.2, -0.15) is 0 Å². The van der Waals surface area contributed by atoms with Crippen molar-refractivity contribution in [3.63, 3.8) is 0 Å². The molecule has 3 aliphatic rings. The maximum Gasteiger partial charge on any atom is 0.251 e. The van der Waals surface area contributed by atoms with Crippen LogP contribution in [0.15, 0.2) is 60.7 Å². The van der Waals surface area contributed by atoms with Crippen molar-refractivity contribution in [1.82, 2.24) is 15.5 Å². The largest absolute Gasteiger partial charge is 0.351 e. The molecule has 5 atom stereocenters. The van der Waals surface area contributed by atoms with Crippen LogP contribution in [0.2, 0.25) is 0 Å². The van der Waals surface area contributed by atoms with Gasteiger partial charge < -0.3 is 15.5 Å². The molecule has 0 spiro atoms. The monoisotopic (exact) mass is 473 g/mol. The normalized spacial score (nSPS) is 28.1. The van der Waals surface area contributed by atoms with Gasteiger partial charge in [0.2, 0.25) is 11.8 Å². The first-order valence-electron chi connectivity index (χ1n) is 13.1. The van der Waals surface area contributed by atoms with Crippen LogP contribution in [-0.4, -0.2) is 47.8 Å². The summed E-state index contributed by atoms with van der Waals surface area (Å²) in [4.78, 5) is 41.0. The topological polar surface area (TPSA) is 78.5 Å². The molecule has 2 N–H and O–H groups in total. The van der Waals surface area contributed by atoms with Crippen molar-refractivity contribution in [2.24, 2.45) is 11.8 Å². The highest BCUT2D eigenvalue weighted by Crippen LogP contribution is 2.48. The first-order chi connectivity index (χ1) is 17.1. The van der Waals surface area contributed by atoms with E-state index in [1.807, 2.05) is 53.4 Å². The predicted molar refractivity (Wildman–Crippen MR) is 135 cm³/mol. The Morgan fingerprint density at radius 2 is 1.43 bits per heavy atom. The van der Waals surface area contributed by atoms with Crippen LogP contribution in [0.4, 0.5) is 0 Å². The van der Waals surface area contributed by atoms with Crippen LogP contribution >= 0.6 is 0 Å². The number of carbonyl (C=O) groups excluding carboxylic acids is 3. The van der Waals surface area contributed by atoms with Crippen LogP contribution in [0.3, 0.4) is 0 Å². The van der Waals surface area contributed by atoms with E-state index < -0.39 is 0 Å². The molecule has 3 amide bonds. The van der Waals surface area contributed by atoms with Crippen molar-refractivity contribution < 1.29 is 14.4 Å². The van der Waals surface area contributed by atoms with Crippen LogP contribution in [0.1, 0.15) is 66.8 Å². The maximum atomic E-state index is 13.2.